The highest BCUT2D eigenvalue weighted by atomic mass is 16.5. The van der Waals surface area contributed by atoms with E-state index in [1.165, 1.54) is 0 Å². The van der Waals surface area contributed by atoms with Crippen molar-refractivity contribution < 1.29 is 14.3 Å². The summed E-state index contributed by atoms with van der Waals surface area (Å²) in [5.74, 6) is -0.0591. The number of nitrogens with two attached hydrogens (primary N) is 1. The highest BCUT2D eigenvalue weighted by Gasteiger charge is 2.53. The van der Waals surface area contributed by atoms with Gasteiger partial charge in [0.2, 0.25) is 5.91 Å². The van der Waals surface area contributed by atoms with Gasteiger partial charge in [0.1, 0.15) is 17.9 Å². The van der Waals surface area contributed by atoms with Crippen LogP contribution in [0.15, 0.2) is 47.6 Å². The number of nitrogens with zero attached hydrogens (tertiary/aromatic N) is 1. The standard InChI is InChI=1S/C22H22N2O4/c23-20(25)9-8-18-21(26)17-7-6-16(12-19(17)28-22(18)10-1-11-22)15-4-2-14(3-5-15)13-24-27/h2-7,12,18H,1,8-11,13H2,(H2,23,25). The number of primary amides is 1. The molecule has 28 heavy (non-hydrogen) atoms. The maximum absolute atomic E-state index is 13.1. The van der Waals surface area contributed by atoms with Gasteiger partial charge in [-0.2, -0.15) is 4.91 Å². The monoisotopic (exact) mass is 378 g/mol. The topological polar surface area (TPSA) is 98.8 Å². The molecule has 1 spiro atoms. The van der Waals surface area contributed by atoms with Crippen LogP contribution in [0.25, 0.3) is 11.1 Å². The Hall–Kier alpha value is -3.02. The average molecular weight is 378 g/mol. The van der Waals surface area contributed by atoms with Crippen molar-refractivity contribution in [3.63, 3.8) is 0 Å². The molecular weight excluding hydrogens is 356 g/mol. The number of hydrogen-bond acceptors (Lipinski definition) is 5. The Kier molecular flexibility index (Phi) is 4.71. The van der Waals surface area contributed by atoms with Gasteiger partial charge in [-0.05, 0) is 54.5 Å². The molecule has 2 aromatic rings. The fraction of sp³-hybridized carbons (Fsp3) is 0.364. The van der Waals surface area contributed by atoms with Crippen LogP contribution in [0.1, 0.15) is 48.0 Å². The zero-order valence-electron chi connectivity index (χ0n) is 15.5. The van der Waals surface area contributed by atoms with Crippen LogP contribution < -0.4 is 10.5 Å². The molecule has 1 aliphatic carbocycles. The van der Waals surface area contributed by atoms with Gasteiger partial charge in [-0.15, -0.1) is 0 Å². The minimum atomic E-state index is -0.502. The lowest BCUT2D eigenvalue weighted by Gasteiger charge is -2.49. The van der Waals surface area contributed by atoms with Crippen LogP contribution in [0.2, 0.25) is 0 Å². The molecule has 0 bridgehead atoms. The predicted molar refractivity (Wildman–Crippen MR) is 105 cm³/mol. The molecule has 144 valence electrons. The molecule has 1 unspecified atom stereocenters. The minimum absolute atomic E-state index is 0.0427. The van der Waals surface area contributed by atoms with Gasteiger partial charge in [-0.3, -0.25) is 9.59 Å². The fourth-order valence-electron chi connectivity index (χ4n) is 4.24. The van der Waals surface area contributed by atoms with Crippen LogP contribution >= 0.6 is 0 Å². The van der Waals surface area contributed by atoms with Crippen LogP contribution in [0.4, 0.5) is 0 Å². The van der Waals surface area contributed by atoms with Gasteiger partial charge < -0.3 is 10.5 Å². The van der Waals surface area contributed by atoms with Gasteiger partial charge in [0.25, 0.3) is 0 Å². The van der Waals surface area contributed by atoms with E-state index in [1.807, 2.05) is 36.4 Å². The lowest BCUT2D eigenvalue weighted by Crippen LogP contribution is -2.55. The summed E-state index contributed by atoms with van der Waals surface area (Å²) < 4.78 is 6.37. The van der Waals surface area contributed by atoms with Crippen LogP contribution in [0, 0.1) is 10.8 Å². The zero-order chi connectivity index (χ0) is 19.7. The van der Waals surface area contributed by atoms with Crippen molar-refractivity contribution in [3.8, 4) is 16.9 Å². The van der Waals surface area contributed by atoms with Crippen molar-refractivity contribution in [2.75, 3.05) is 0 Å². The summed E-state index contributed by atoms with van der Waals surface area (Å²) in [5, 5.41) is 2.90. The molecule has 1 heterocycles. The summed E-state index contributed by atoms with van der Waals surface area (Å²) in [7, 11) is 0. The van der Waals surface area contributed by atoms with Crippen LogP contribution in [0.3, 0.4) is 0 Å². The number of ketones is 1. The number of hydrogen-bond donors (Lipinski definition) is 1. The van der Waals surface area contributed by atoms with Crippen molar-refractivity contribution in [2.24, 2.45) is 16.8 Å². The van der Waals surface area contributed by atoms with Gasteiger partial charge in [0.05, 0.1) is 11.5 Å². The van der Waals surface area contributed by atoms with Gasteiger partial charge >= 0.3 is 0 Å². The van der Waals surface area contributed by atoms with E-state index in [0.717, 1.165) is 36.0 Å². The first kappa shape index (κ1) is 18.3. The predicted octanol–water partition coefficient (Wildman–Crippen LogP) is 4.00. The van der Waals surface area contributed by atoms with E-state index >= 15 is 0 Å². The molecule has 1 aliphatic heterocycles. The molecule has 1 atom stereocenters. The smallest absolute Gasteiger partial charge is 0.217 e. The molecule has 0 radical (unpaired) electrons. The molecule has 2 aromatic carbocycles. The summed E-state index contributed by atoms with van der Waals surface area (Å²) in [6.45, 7) is 0.150. The lowest BCUT2D eigenvalue weighted by molar-refractivity contribution is -0.119. The number of amides is 1. The average Bonchev–Trinajstić information content (AvgIpc) is 2.66. The first-order valence-corrected chi connectivity index (χ1v) is 9.56. The molecule has 1 fully saturated rings. The molecule has 6 nitrogen and oxygen atoms in total. The molecule has 1 saturated carbocycles. The number of fused-ring (bicyclic) bond motifs is 1. The van der Waals surface area contributed by atoms with Gasteiger partial charge in [-0.25, -0.2) is 0 Å². The Balaban J connectivity index is 1.64. The third-order valence-corrected chi connectivity index (χ3v) is 5.93. The molecule has 2 N–H and O–H groups in total. The van der Waals surface area contributed by atoms with E-state index in [4.69, 9.17) is 10.5 Å². The number of benzene rings is 2. The van der Waals surface area contributed by atoms with Crippen LogP contribution in [-0.2, 0) is 11.3 Å². The number of carbonyl (C=O) groups excluding carboxylic acids is 2. The number of carbonyl (C=O) groups is 2. The summed E-state index contributed by atoms with van der Waals surface area (Å²) in [4.78, 5) is 34.8. The van der Waals surface area contributed by atoms with Crippen LogP contribution in [-0.4, -0.2) is 17.3 Å². The van der Waals surface area contributed by atoms with Crippen molar-refractivity contribution in [2.45, 2.75) is 44.2 Å². The molecule has 0 aromatic heterocycles. The van der Waals surface area contributed by atoms with Gasteiger partial charge in [0.15, 0.2) is 5.78 Å². The van der Waals surface area contributed by atoms with Crippen molar-refractivity contribution in [1.29, 1.82) is 0 Å². The van der Waals surface area contributed by atoms with Crippen molar-refractivity contribution >= 4 is 11.7 Å². The highest BCUT2D eigenvalue weighted by Crippen LogP contribution is 2.50. The van der Waals surface area contributed by atoms with E-state index in [1.54, 1.807) is 6.07 Å². The Morgan fingerprint density at radius 3 is 2.46 bits per heavy atom. The molecule has 4 rings (SSSR count). The largest absolute Gasteiger partial charge is 0.486 e. The quantitative estimate of drug-likeness (QED) is 0.768. The summed E-state index contributed by atoms with van der Waals surface area (Å²) in [6.07, 6.45) is 3.28. The Morgan fingerprint density at radius 2 is 1.86 bits per heavy atom. The molecule has 6 heteroatoms. The van der Waals surface area contributed by atoms with Gasteiger partial charge in [0, 0.05) is 6.42 Å². The van der Waals surface area contributed by atoms with Gasteiger partial charge in [-0.1, -0.05) is 35.5 Å². The maximum Gasteiger partial charge on any atom is 0.217 e. The SMILES string of the molecule is NC(=O)CCC1C(=O)c2ccc(-c3ccc(CN=O)cc3)cc2OC12CCC2. The number of rotatable bonds is 6. The van der Waals surface area contributed by atoms with E-state index in [-0.39, 0.29) is 24.7 Å². The van der Waals surface area contributed by atoms with Crippen molar-refractivity contribution in [3.05, 3.63) is 58.5 Å². The van der Waals surface area contributed by atoms with E-state index in [2.05, 4.69) is 5.18 Å². The highest BCUT2D eigenvalue weighted by molar-refractivity contribution is 6.03. The normalized spacial score (nSPS) is 19.4. The van der Waals surface area contributed by atoms with Crippen LogP contribution in [0.5, 0.6) is 5.75 Å². The third kappa shape index (κ3) is 3.19. The fourth-order valence-corrected chi connectivity index (χ4v) is 4.24. The first-order chi connectivity index (χ1) is 13.5. The van der Waals surface area contributed by atoms with E-state index in [0.29, 0.717) is 17.7 Å². The second kappa shape index (κ2) is 7.19. The maximum atomic E-state index is 13.1. The second-order valence-corrected chi connectivity index (χ2v) is 7.64. The minimum Gasteiger partial charge on any atom is -0.486 e. The Bertz CT molecular complexity index is 932. The number of ether oxygens (including phenoxy) is 1. The molecule has 0 saturated heterocycles. The number of Topliss-reactive ketones (excluding diaryl/α,β-unsaturated/α-hetero) is 1. The van der Waals surface area contributed by atoms with E-state index in [9.17, 15) is 14.5 Å². The molecule has 2 aliphatic rings. The zero-order valence-corrected chi connectivity index (χ0v) is 15.5. The Labute approximate surface area is 163 Å². The summed E-state index contributed by atoms with van der Waals surface area (Å²) in [5.41, 5.74) is 8.14. The lowest BCUT2D eigenvalue weighted by atomic mass is 9.65. The third-order valence-electron chi connectivity index (χ3n) is 5.93. The number of nitroso groups, excluding NO2 is 1. The Morgan fingerprint density at radius 1 is 1.14 bits per heavy atom. The summed E-state index contributed by atoms with van der Waals surface area (Å²) in [6, 6.07) is 13.2. The van der Waals surface area contributed by atoms with E-state index < -0.39 is 11.5 Å². The molecular formula is C22H22N2O4. The summed E-state index contributed by atoms with van der Waals surface area (Å²) >= 11 is 0. The molecule has 1 amide bonds. The first-order valence-electron chi connectivity index (χ1n) is 9.56. The second-order valence-electron chi connectivity index (χ2n) is 7.64. The van der Waals surface area contributed by atoms with Crippen molar-refractivity contribution in [1.82, 2.24) is 0 Å².